The van der Waals surface area contributed by atoms with Crippen LogP contribution in [-0.4, -0.2) is 16.0 Å². The Hall–Kier alpha value is -2.56. The van der Waals surface area contributed by atoms with Crippen LogP contribution in [0.5, 0.6) is 0 Å². The van der Waals surface area contributed by atoms with Crippen LogP contribution in [0, 0.1) is 0 Å². The van der Waals surface area contributed by atoms with Crippen LogP contribution in [0.15, 0.2) is 29.3 Å². The number of carbonyl (C=O) groups excluding carboxylic acids is 1. The third-order valence-electron chi connectivity index (χ3n) is 2.95. The molecule has 2 rings (SSSR count). The van der Waals surface area contributed by atoms with Crippen molar-refractivity contribution < 1.29 is 31.1 Å². The first kappa shape index (κ1) is 18.8. The summed E-state index contributed by atoms with van der Waals surface area (Å²) >= 11 is 5.75. The van der Waals surface area contributed by atoms with E-state index in [4.69, 9.17) is 11.6 Å². The summed E-state index contributed by atoms with van der Waals surface area (Å²) in [7, 11) is 0. The molecule has 0 bridgehead atoms. The second kappa shape index (κ2) is 6.39. The zero-order valence-electron chi connectivity index (χ0n) is 11.7. The number of hydrogen-bond donors (Lipinski definition) is 1. The predicted octanol–water partition coefficient (Wildman–Crippen LogP) is 3.49. The molecule has 1 N–H and O–H groups in total. The van der Waals surface area contributed by atoms with Gasteiger partial charge in [-0.25, -0.2) is 4.98 Å². The van der Waals surface area contributed by atoms with Crippen molar-refractivity contribution in [2.24, 2.45) is 0 Å². The number of rotatable bonds is 3. The standard InChI is InChI=1S/C13H6ClF6N3O2/c14-7-1-6(12(15,16)17)2-8(22-5-24)11(7)23-4-21-9(3-10(23)25)13(18,19)20/h1-5H,(H,22,24). The summed E-state index contributed by atoms with van der Waals surface area (Å²) in [5, 5.41) is 1.30. The van der Waals surface area contributed by atoms with Crippen LogP contribution < -0.4 is 10.9 Å². The van der Waals surface area contributed by atoms with E-state index < -0.39 is 45.6 Å². The summed E-state index contributed by atoms with van der Waals surface area (Å²) < 4.78 is 76.5. The molecule has 1 amide bonds. The Balaban J connectivity index is 2.71. The average Bonchev–Trinajstić information content (AvgIpc) is 2.46. The Morgan fingerprint density at radius 1 is 1.08 bits per heavy atom. The minimum Gasteiger partial charge on any atom is -0.327 e. The highest BCUT2D eigenvalue weighted by Gasteiger charge is 2.34. The van der Waals surface area contributed by atoms with Gasteiger partial charge in [-0.05, 0) is 12.1 Å². The van der Waals surface area contributed by atoms with E-state index in [1.165, 1.54) is 0 Å². The summed E-state index contributed by atoms with van der Waals surface area (Å²) in [6, 6.07) is 1.11. The summed E-state index contributed by atoms with van der Waals surface area (Å²) in [6.45, 7) is 0. The molecule has 1 aromatic heterocycles. The lowest BCUT2D eigenvalue weighted by molar-refractivity contribution is -0.141. The smallest absolute Gasteiger partial charge is 0.327 e. The van der Waals surface area contributed by atoms with Crippen molar-refractivity contribution in [1.29, 1.82) is 0 Å². The highest BCUT2D eigenvalue weighted by Crippen LogP contribution is 2.37. The third-order valence-corrected chi connectivity index (χ3v) is 3.23. The van der Waals surface area contributed by atoms with Gasteiger partial charge in [-0.1, -0.05) is 11.6 Å². The Morgan fingerprint density at radius 2 is 1.72 bits per heavy atom. The number of aromatic nitrogens is 2. The van der Waals surface area contributed by atoms with E-state index in [1.807, 2.05) is 5.32 Å². The van der Waals surface area contributed by atoms with E-state index in [2.05, 4.69) is 4.98 Å². The van der Waals surface area contributed by atoms with E-state index in [-0.39, 0.29) is 12.5 Å². The van der Waals surface area contributed by atoms with E-state index in [9.17, 15) is 35.9 Å². The highest BCUT2D eigenvalue weighted by molar-refractivity contribution is 6.33. The van der Waals surface area contributed by atoms with Gasteiger partial charge in [-0.2, -0.15) is 26.3 Å². The van der Waals surface area contributed by atoms with Gasteiger partial charge in [0.2, 0.25) is 6.41 Å². The van der Waals surface area contributed by atoms with Gasteiger partial charge in [-0.3, -0.25) is 14.2 Å². The first-order valence-corrected chi connectivity index (χ1v) is 6.60. The van der Waals surface area contributed by atoms with Crippen molar-refractivity contribution in [2.75, 3.05) is 5.32 Å². The predicted molar refractivity (Wildman–Crippen MR) is 74.5 cm³/mol. The van der Waals surface area contributed by atoms with Crippen molar-refractivity contribution in [2.45, 2.75) is 12.4 Å². The topological polar surface area (TPSA) is 64.0 Å². The number of anilines is 1. The van der Waals surface area contributed by atoms with Gasteiger partial charge in [0.05, 0.1) is 22.0 Å². The minimum absolute atomic E-state index is 0.0257. The Labute approximate surface area is 139 Å². The molecule has 2 aromatic rings. The molecule has 0 fully saturated rings. The molecule has 0 spiro atoms. The summed E-state index contributed by atoms with van der Waals surface area (Å²) in [5.41, 5.74) is -4.94. The third kappa shape index (κ3) is 3.92. The Kier molecular flexibility index (Phi) is 4.80. The van der Waals surface area contributed by atoms with Crippen LogP contribution in [0.1, 0.15) is 11.3 Å². The van der Waals surface area contributed by atoms with Crippen LogP contribution in [0.4, 0.5) is 32.0 Å². The van der Waals surface area contributed by atoms with Crippen LogP contribution in [0.3, 0.4) is 0 Å². The molecule has 1 aromatic carbocycles. The monoisotopic (exact) mass is 385 g/mol. The molecule has 0 saturated heterocycles. The van der Waals surface area contributed by atoms with Crippen LogP contribution in [-0.2, 0) is 17.1 Å². The normalized spacial score (nSPS) is 12.1. The molecule has 0 saturated carbocycles. The number of hydrogen-bond acceptors (Lipinski definition) is 3. The van der Waals surface area contributed by atoms with Crippen molar-refractivity contribution in [3.05, 3.63) is 51.2 Å². The van der Waals surface area contributed by atoms with Crippen molar-refractivity contribution in [3.8, 4) is 5.69 Å². The summed E-state index contributed by atoms with van der Waals surface area (Å²) in [6.07, 6.45) is -9.20. The number of halogens is 7. The van der Waals surface area contributed by atoms with Gasteiger partial charge in [0.25, 0.3) is 5.56 Å². The SMILES string of the molecule is O=CNc1cc(C(F)(F)F)cc(Cl)c1-n1cnc(C(F)(F)F)cc1=O. The molecular weight excluding hydrogens is 380 g/mol. The fraction of sp³-hybridized carbons (Fsp3) is 0.154. The molecule has 1 heterocycles. The maximum atomic E-state index is 12.8. The van der Waals surface area contributed by atoms with Crippen molar-refractivity contribution >= 4 is 23.7 Å². The molecule has 12 heteroatoms. The van der Waals surface area contributed by atoms with Crippen molar-refractivity contribution in [1.82, 2.24) is 9.55 Å². The fourth-order valence-corrected chi connectivity index (χ4v) is 2.22. The molecule has 0 aliphatic heterocycles. The van der Waals surface area contributed by atoms with E-state index in [0.29, 0.717) is 23.0 Å². The number of nitrogens with zero attached hydrogens (tertiary/aromatic N) is 2. The quantitative estimate of drug-likeness (QED) is 0.650. The number of nitrogens with one attached hydrogen (secondary N) is 1. The summed E-state index contributed by atoms with van der Waals surface area (Å²) in [4.78, 5) is 25.6. The highest BCUT2D eigenvalue weighted by atomic mass is 35.5. The largest absolute Gasteiger partial charge is 0.433 e. The Bertz CT molecular complexity index is 876. The van der Waals surface area contributed by atoms with Gasteiger partial charge in [0.15, 0.2) is 5.69 Å². The lowest BCUT2D eigenvalue weighted by atomic mass is 10.1. The minimum atomic E-state index is -4.88. The molecular formula is C13H6ClF6N3O2. The lowest BCUT2D eigenvalue weighted by Gasteiger charge is -2.16. The first-order chi connectivity index (χ1) is 11.4. The molecule has 0 aliphatic carbocycles. The maximum Gasteiger partial charge on any atom is 0.433 e. The summed E-state index contributed by atoms with van der Waals surface area (Å²) in [5.74, 6) is 0. The molecule has 5 nitrogen and oxygen atoms in total. The number of amides is 1. The zero-order valence-corrected chi connectivity index (χ0v) is 12.5. The van der Waals surface area contributed by atoms with Crippen LogP contribution in [0.2, 0.25) is 5.02 Å². The van der Waals surface area contributed by atoms with Gasteiger partial charge in [-0.15, -0.1) is 0 Å². The van der Waals surface area contributed by atoms with E-state index >= 15 is 0 Å². The number of alkyl halides is 6. The first-order valence-electron chi connectivity index (χ1n) is 6.22. The number of carbonyl (C=O) groups is 1. The van der Waals surface area contributed by atoms with Gasteiger partial charge < -0.3 is 5.32 Å². The van der Waals surface area contributed by atoms with E-state index in [1.54, 1.807) is 0 Å². The zero-order chi connectivity index (χ0) is 19.0. The van der Waals surface area contributed by atoms with Crippen molar-refractivity contribution in [3.63, 3.8) is 0 Å². The second-order valence-corrected chi connectivity index (χ2v) is 5.00. The fourth-order valence-electron chi connectivity index (χ4n) is 1.90. The van der Waals surface area contributed by atoms with E-state index in [0.717, 1.165) is 0 Å². The lowest BCUT2D eigenvalue weighted by Crippen LogP contribution is -2.23. The molecule has 0 aliphatic rings. The average molecular weight is 386 g/mol. The maximum absolute atomic E-state index is 12.8. The Morgan fingerprint density at radius 3 is 2.20 bits per heavy atom. The second-order valence-electron chi connectivity index (χ2n) is 4.59. The van der Waals surface area contributed by atoms with Crippen LogP contribution >= 0.6 is 11.6 Å². The molecule has 25 heavy (non-hydrogen) atoms. The van der Waals surface area contributed by atoms with Gasteiger partial charge in [0.1, 0.15) is 6.33 Å². The van der Waals surface area contributed by atoms with Gasteiger partial charge in [0, 0.05) is 6.07 Å². The molecule has 0 radical (unpaired) electrons. The number of benzene rings is 1. The van der Waals surface area contributed by atoms with Gasteiger partial charge >= 0.3 is 12.4 Å². The molecule has 134 valence electrons. The van der Waals surface area contributed by atoms with Crippen LogP contribution in [0.25, 0.3) is 5.69 Å². The molecule has 0 unspecified atom stereocenters. The molecule has 0 atom stereocenters.